The minimum absolute atomic E-state index is 0.176. The average molecular weight is 275 g/mol. The van der Waals surface area contributed by atoms with Crippen LogP contribution in [-0.4, -0.2) is 29.9 Å². The Kier molecular flexibility index (Phi) is 4.77. The molecule has 0 aromatic heterocycles. The van der Waals surface area contributed by atoms with Crippen LogP contribution in [0.2, 0.25) is 0 Å². The lowest BCUT2D eigenvalue weighted by molar-refractivity contribution is -0.128. The van der Waals surface area contributed by atoms with E-state index in [0.717, 1.165) is 18.5 Å². The number of likely N-dealkylation sites (tertiary alicyclic amines) is 1. The topological polar surface area (TPSA) is 46.6 Å². The SMILES string of the molecule is CCOC(=O)c1ccccc1CN1CC(CC)CC1=O. The van der Waals surface area contributed by atoms with Crippen molar-refractivity contribution in [2.45, 2.75) is 33.2 Å². The zero-order valence-electron chi connectivity index (χ0n) is 12.1. The van der Waals surface area contributed by atoms with Crippen molar-refractivity contribution in [3.63, 3.8) is 0 Å². The Balaban J connectivity index is 2.13. The van der Waals surface area contributed by atoms with Crippen molar-refractivity contribution < 1.29 is 14.3 Å². The number of carbonyl (C=O) groups excluding carboxylic acids is 2. The van der Waals surface area contributed by atoms with E-state index in [1.165, 1.54) is 0 Å². The monoisotopic (exact) mass is 275 g/mol. The first kappa shape index (κ1) is 14.6. The van der Waals surface area contributed by atoms with Crippen LogP contribution in [0.5, 0.6) is 0 Å². The van der Waals surface area contributed by atoms with Crippen LogP contribution in [-0.2, 0) is 16.1 Å². The van der Waals surface area contributed by atoms with Crippen LogP contribution < -0.4 is 0 Å². The van der Waals surface area contributed by atoms with Crippen molar-refractivity contribution in [1.82, 2.24) is 4.90 Å². The predicted molar refractivity (Wildman–Crippen MR) is 76.2 cm³/mol. The molecule has 0 radical (unpaired) electrons. The molecule has 1 aromatic carbocycles. The Morgan fingerprint density at radius 2 is 2.10 bits per heavy atom. The van der Waals surface area contributed by atoms with Crippen LogP contribution in [0.4, 0.5) is 0 Å². The summed E-state index contributed by atoms with van der Waals surface area (Å²) in [5, 5.41) is 0. The Morgan fingerprint density at radius 3 is 2.75 bits per heavy atom. The van der Waals surface area contributed by atoms with Gasteiger partial charge in [0.1, 0.15) is 0 Å². The molecule has 4 heteroatoms. The maximum atomic E-state index is 12.0. The smallest absolute Gasteiger partial charge is 0.338 e. The molecule has 0 saturated carbocycles. The minimum Gasteiger partial charge on any atom is -0.462 e. The van der Waals surface area contributed by atoms with E-state index in [-0.39, 0.29) is 11.9 Å². The molecule has 0 N–H and O–H groups in total. The number of carbonyl (C=O) groups is 2. The molecule has 1 amide bonds. The third kappa shape index (κ3) is 3.18. The summed E-state index contributed by atoms with van der Waals surface area (Å²) < 4.78 is 5.06. The molecular formula is C16H21NO3. The summed E-state index contributed by atoms with van der Waals surface area (Å²) in [5.41, 5.74) is 1.41. The Morgan fingerprint density at radius 1 is 1.35 bits per heavy atom. The molecule has 1 aliphatic rings. The van der Waals surface area contributed by atoms with E-state index in [2.05, 4.69) is 6.92 Å². The lowest BCUT2D eigenvalue weighted by Crippen LogP contribution is -2.25. The first-order valence-corrected chi connectivity index (χ1v) is 7.18. The lowest BCUT2D eigenvalue weighted by Gasteiger charge is -2.18. The number of rotatable bonds is 5. The van der Waals surface area contributed by atoms with Crippen LogP contribution in [0.1, 0.15) is 42.6 Å². The number of ether oxygens (including phenoxy) is 1. The number of hydrogen-bond acceptors (Lipinski definition) is 3. The van der Waals surface area contributed by atoms with E-state index >= 15 is 0 Å². The average Bonchev–Trinajstić information content (AvgIpc) is 2.80. The Bertz CT molecular complexity index is 498. The van der Waals surface area contributed by atoms with E-state index in [4.69, 9.17) is 4.74 Å². The van der Waals surface area contributed by atoms with Crippen molar-refractivity contribution >= 4 is 11.9 Å². The molecule has 0 aliphatic carbocycles. The zero-order chi connectivity index (χ0) is 14.5. The number of hydrogen-bond donors (Lipinski definition) is 0. The molecule has 1 aromatic rings. The molecule has 1 unspecified atom stereocenters. The van der Waals surface area contributed by atoms with Gasteiger partial charge in [-0.05, 0) is 24.5 Å². The quantitative estimate of drug-likeness (QED) is 0.776. The largest absolute Gasteiger partial charge is 0.462 e. The van der Waals surface area contributed by atoms with Crippen molar-refractivity contribution in [2.75, 3.05) is 13.2 Å². The summed E-state index contributed by atoms with van der Waals surface area (Å²) in [6.45, 7) is 5.52. The summed E-state index contributed by atoms with van der Waals surface area (Å²) in [6.07, 6.45) is 1.64. The van der Waals surface area contributed by atoms with E-state index in [1.807, 2.05) is 23.1 Å². The highest BCUT2D eigenvalue weighted by Crippen LogP contribution is 2.23. The highest BCUT2D eigenvalue weighted by molar-refractivity contribution is 5.91. The first-order chi connectivity index (χ1) is 9.65. The van der Waals surface area contributed by atoms with E-state index in [9.17, 15) is 9.59 Å². The Labute approximate surface area is 119 Å². The molecule has 108 valence electrons. The van der Waals surface area contributed by atoms with E-state index in [1.54, 1.807) is 13.0 Å². The lowest BCUT2D eigenvalue weighted by atomic mass is 10.1. The maximum Gasteiger partial charge on any atom is 0.338 e. The van der Waals surface area contributed by atoms with E-state index in [0.29, 0.717) is 31.1 Å². The molecular weight excluding hydrogens is 254 g/mol. The maximum absolute atomic E-state index is 12.0. The van der Waals surface area contributed by atoms with Crippen molar-refractivity contribution in [1.29, 1.82) is 0 Å². The highest BCUT2D eigenvalue weighted by atomic mass is 16.5. The summed E-state index contributed by atoms with van der Waals surface area (Å²) in [5.74, 6) is 0.301. The van der Waals surface area contributed by atoms with Gasteiger partial charge in [-0.3, -0.25) is 4.79 Å². The van der Waals surface area contributed by atoms with E-state index < -0.39 is 0 Å². The molecule has 0 spiro atoms. The minimum atomic E-state index is -0.318. The molecule has 1 aliphatic heterocycles. The molecule has 0 bridgehead atoms. The molecule has 20 heavy (non-hydrogen) atoms. The third-order valence-corrected chi connectivity index (χ3v) is 3.75. The van der Waals surface area contributed by atoms with Gasteiger partial charge in [0.2, 0.25) is 5.91 Å². The van der Waals surface area contributed by atoms with Gasteiger partial charge in [0.05, 0.1) is 12.2 Å². The fourth-order valence-electron chi connectivity index (χ4n) is 2.55. The van der Waals surface area contributed by atoms with Crippen molar-refractivity contribution in [3.8, 4) is 0 Å². The van der Waals surface area contributed by atoms with Crippen LogP contribution in [0.25, 0.3) is 0 Å². The number of amides is 1. The van der Waals surface area contributed by atoms with Gasteiger partial charge in [-0.15, -0.1) is 0 Å². The van der Waals surface area contributed by atoms with Crippen molar-refractivity contribution in [2.24, 2.45) is 5.92 Å². The van der Waals surface area contributed by atoms with Gasteiger partial charge >= 0.3 is 5.97 Å². The fourth-order valence-corrected chi connectivity index (χ4v) is 2.55. The van der Waals surface area contributed by atoms with Gasteiger partial charge < -0.3 is 9.64 Å². The summed E-state index contributed by atoms with van der Waals surface area (Å²) in [4.78, 5) is 25.7. The van der Waals surface area contributed by atoms with Gasteiger partial charge in [-0.1, -0.05) is 31.5 Å². The molecule has 1 heterocycles. The first-order valence-electron chi connectivity index (χ1n) is 7.18. The predicted octanol–water partition coefficient (Wildman–Crippen LogP) is 2.62. The van der Waals surface area contributed by atoms with Gasteiger partial charge in [-0.2, -0.15) is 0 Å². The second-order valence-electron chi connectivity index (χ2n) is 5.13. The standard InChI is InChI=1S/C16H21NO3/c1-3-12-9-15(18)17(10-12)11-13-7-5-6-8-14(13)16(19)20-4-2/h5-8,12H,3-4,9-11H2,1-2H3. The summed E-state index contributed by atoms with van der Waals surface area (Å²) >= 11 is 0. The van der Waals surface area contributed by atoms with Gasteiger partial charge in [0.15, 0.2) is 0 Å². The second-order valence-corrected chi connectivity index (χ2v) is 5.13. The normalized spacial score (nSPS) is 18.4. The number of nitrogens with zero attached hydrogens (tertiary/aromatic N) is 1. The van der Waals surface area contributed by atoms with Gasteiger partial charge in [0.25, 0.3) is 0 Å². The molecule has 1 fully saturated rings. The highest BCUT2D eigenvalue weighted by Gasteiger charge is 2.29. The van der Waals surface area contributed by atoms with Crippen LogP contribution in [0.15, 0.2) is 24.3 Å². The number of esters is 1. The Hall–Kier alpha value is -1.84. The van der Waals surface area contributed by atoms with Crippen molar-refractivity contribution in [3.05, 3.63) is 35.4 Å². The summed E-state index contributed by atoms with van der Waals surface area (Å²) in [7, 11) is 0. The fraction of sp³-hybridized carbons (Fsp3) is 0.500. The molecule has 4 nitrogen and oxygen atoms in total. The van der Waals surface area contributed by atoms with Crippen LogP contribution in [0, 0.1) is 5.92 Å². The molecule has 1 saturated heterocycles. The third-order valence-electron chi connectivity index (χ3n) is 3.75. The second kappa shape index (κ2) is 6.55. The molecule has 2 rings (SSSR count). The van der Waals surface area contributed by atoms with Crippen LogP contribution >= 0.6 is 0 Å². The summed E-state index contributed by atoms with van der Waals surface area (Å²) in [6, 6.07) is 7.34. The van der Waals surface area contributed by atoms with Gasteiger partial charge in [0, 0.05) is 19.5 Å². The van der Waals surface area contributed by atoms with Crippen LogP contribution in [0.3, 0.4) is 0 Å². The molecule has 1 atom stereocenters. The zero-order valence-corrected chi connectivity index (χ0v) is 12.1. The number of benzene rings is 1. The van der Waals surface area contributed by atoms with Gasteiger partial charge in [-0.25, -0.2) is 4.79 Å².